The number of allylic oxidation sites excluding steroid dienone is 26. The van der Waals surface area contributed by atoms with Crippen LogP contribution in [0.15, 0.2) is 158 Å². The maximum atomic E-state index is 12.8. The van der Waals surface area contributed by atoms with Gasteiger partial charge in [0, 0.05) is 19.3 Å². The fourth-order valence-electron chi connectivity index (χ4n) is 7.63. The largest absolute Gasteiger partial charge is 0.462 e. The molecule has 0 fully saturated rings. The van der Waals surface area contributed by atoms with E-state index in [9.17, 15) is 14.4 Å². The molecule has 420 valence electrons. The number of ether oxygens (including phenoxy) is 3. The van der Waals surface area contributed by atoms with E-state index in [4.69, 9.17) is 14.2 Å². The maximum Gasteiger partial charge on any atom is 0.306 e. The third-order valence-electron chi connectivity index (χ3n) is 12.0. The van der Waals surface area contributed by atoms with Crippen LogP contribution < -0.4 is 0 Å². The Kier molecular flexibility index (Phi) is 57.5. The fourth-order valence-corrected chi connectivity index (χ4v) is 7.63. The number of rotatable bonds is 52. The van der Waals surface area contributed by atoms with Gasteiger partial charge in [-0.3, -0.25) is 14.4 Å². The number of carbonyl (C=O) groups is 3. The second kappa shape index (κ2) is 61.6. The minimum absolute atomic E-state index is 0.135. The van der Waals surface area contributed by atoms with Crippen molar-refractivity contribution in [3.05, 3.63) is 158 Å². The molecule has 0 aromatic rings. The lowest BCUT2D eigenvalue weighted by atomic mass is 10.0. The number of carbonyl (C=O) groups excluding carboxylic acids is 3. The summed E-state index contributed by atoms with van der Waals surface area (Å²) < 4.78 is 16.7. The lowest BCUT2D eigenvalue weighted by Crippen LogP contribution is -2.30. The predicted molar refractivity (Wildman–Crippen MR) is 325 cm³/mol. The van der Waals surface area contributed by atoms with Crippen molar-refractivity contribution in [2.45, 2.75) is 245 Å². The zero-order valence-corrected chi connectivity index (χ0v) is 48.0. The molecule has 0 aliphatic rings. The molecule has 0 heterocycles. The van der Waals surface area contributed by atoms with Gasteiger partial charge in [-0.2, -0.15) is 0 Å². The van der Waals surface area contributed by atoms with Crippen LogP contribution in [0.3, 0.4) is 0 Å². The Morgan fingerprint density at radius 1 is 0.280 bits per heavy atom. The van der Waals surface area contributed by atoms with Gasteiger partial charge in [-0.25, -0.2) is 0 Å². The van der Waals surface area contributed by atoms with E-state index in [1.807, 2.05) is 12.2 Å². The summed E-state index contributed by atoms with van der Waals surface area (Å²) in [7, 11) is 0. The minimum atomic E-state index is -0.836. The lowest BCUT2D eigenvalue weighted by molar-refractivity contribution is -0.166. The highest BCUT2D eigenvalue weighted by Crippen LogP contribution is 2.15. The Bertz CT molecular complexity index is 1710. The zero-order valence-electron chi connectivity index (χ0n) is 48.0. The Morgan fingerprint density at radius 2 is 0.547 bits per heavy atom. The average Bonchev–Trinajstić information content (AvgIpc) is 3.41. The summed E-state index contributed by atoms with van der Waals surface area (Å²) in [5.74, 6) is -1.08. The van der Waals surface area contributed by atoms with Gasteiger partial charge in [0.25, 0.3) is 0 Å². The normalized spacial score (nSPS) is 13.3. The summed E-state index contributed by atoms with van der Waals surface area (Å²) in [6.07, 6.45) is 89.8. The van der Waals surface area contributed by atoms with Crippen molar-refractivity contribution in [1.29, 1.82) is 0 Å². The molecule has 0 saturated carbocycles. The first-order chi connectivity index (χ1) is 37.0. The first-order valence-corrected chi connectivity index (χ1v) is 30.0. The molecule has 0 radical (unpaired) electrons. The van der Waals surface area contributed by atoms with Crippen LogP contribution in [0.5, 0.6) is 0 Å². The average molecular weight is 1030 g/mol. The summed E-state index contributed by atoms with van der Waals surface area (Å²) in [6, 6.07) is 0. The molecule has 0 aromatic carbocycles. The first kappa shape index (κ1) is 70.0. The number of hydrogen-bond acceptors (Lipinski definition) is 6. The predicted octanol–water partition coefficient (Wildman–Crippen LogP) is 20.5. The summed E-state index contributed by atoms with van der Waals surface area (Å²) in [4.78, 5) is 38.1. The van der Waals surface area contributed by atoms with Crippen LogP contribution in [0.2, 0.25) is 0 Å². The van der Waals surface area contributed by atoms with Gasteiger partial charge in [0.05, 0.1) is 0 Å². The lowest BCUT2D eigenvalue weighted by Gasteiger charge is -2.18. The van der Waals surface area contributed by atoms with E-state index in [1.165, 1.54) is 77.0 Å². The van der Waals surface area contributed by atoms with Gasteiger partial charge in [-0.15, -0.1) is 0 Å². The van der Waals surface area contributed by atoms with E-state index in [-0.39, 0.29) is 44.0 Å². The van der Waals surface area contributed by atoms with Gasteiger partial charge >= 0.3 is 17.9 Å². The summed E-state index contributed by atoms with van der Waals surface area (Å²) in [5.41, 5.74) is 0. The Hall–Kier alpha value is -4.97. The van der Waals surface area contributed by atoms with Crippen LogP contribution in [0.4, 0.5) is 0 Å². The topological polar surface area (TPSA) is 78.9 Å². The van der Waals surface area contributed by atoms with Crippen molar-refractivity contribution >= 4 is 17.9 Å². The molecule has 0 N–H and O–H groups in total. The van der Waals surface area contributed by atoms with E-state index in [1.54, 1.807) is 0 Å². The van der Waals surface area contributed by atoms with E-state index in [0.717, 1.165) is 109 Å². The molecular weight excluding hydrogens is 925 g/mol. The molecule has 1 atom stereocenters. The van der Waals surface area contributed by atoms with Crippen molar-refractivity contribution in [3.63, 3.8) is 0 Å². The molecule has 0 saturated heterocycles. The second-order valence-corrected chi connectivity index (χ2v) is 19.1. The number of unbranched alkanes of at least 4 members (excludes halogenated alkanes) is 15. The summed E-state index contributed by atoms with van der Waals surface area (Å²) >= 11 is 0. The number of esters is 3. The van der Waals surface area contributed by atoms with Crippen molar-refractivity contribution in [2.24, 2.45) is 0 Å². The van der Waals surface area contributed by atoms with Crippen LogP contribution in [-0.2, 0) is 28.6 Å². The molecule has 0 spiro atoms. The van der Waals surface area contributed by atoms with Crippen molar-refractivity contribution < 1.29 is 28.6 Å². The SMILES string of the molecule is CC/C=C\C/C=C\C/C=C\C/C=C\C/C=C\C/C=C\C/C=C\C/C=C\C/C=C\CCCC(=O)OCC(COC(=O)CC/C=C\C/C=C\C/C=C\C/C=C\CC)OC(=O)CCCCCCCCCCCCCCCCC. The molecule has 0 aliphatic heterocycles. The van der Waals surface area contributed by atoms with Gasteiger partial charge in [0.1, 0.15) is 13.2 Å². The first-order valence-electron chi connectivity index (χ1n) is 30.0. The van der Waals surface area contributed by atoms with Crippen LogP contribution in [0, 0.1) is 0 Å². The standard InChI is InChI=1S/C69H108O6/c1-4-7-10-13-16-19-22-25-27-28-29-30-31-32-33-34-35-36-37-38-39-40-42-44-47-50-53-56-59-62-68(71)74-65-66(64-73-67(70)61-58-55-52-49-46-43-24-21-18-15-12-9-6-3)75-69(72)63-60-57-54-51-48-45-41-26-23-20-17-14-11-8-5-2/h7,9-10,12,16,18-19,21,25,27,29-30,32-33,35-36,38-39,42-44,46,50,52-53,55,66H,4-6,8,11,13-15,17,20,22-24,26,28,31,34,37,40-41,45,47-49,51,54,56-65H2,1-3H3/b10-7-,12-9-,19-16-,21-18-,27-25-,30-29-,33-32-,36-35-,39-38-,44-42-,46-43-,53-50-,55-52-. The third-order valence-corrected chi connectivity index (χ3v) is 12.0. The van der Waals surface area contributed by atoms with Gasteiger partial charge in [-0.1, -0.05) is 269 Å². The van der Waals surface area contributed by atoms with Crippen LogP contribution in [0.1, 0.15) is 239 Å². The van der Waals surface area contributed by atoms with E-state index in [0.29, 0.717) is 19.3 Å². The quantitative estimate of drug-likeness (QED) is 0.0261. The smallest absolute Gasteiger partial charge is 0.306 e. The molecule has 0 bridgehead atoms. The highest BCUT2D eigenvalue weighted by Gasteiger charge is 2.19. The molecule has 0 aromatic heterocycles. The van der Waals surface area contributed by atoms with E-state index >= 15 is 0 Å². The van der Waals surface area contributed by atoms with E-state index in [2.05, 4.69) is 167 Å². The monoisotopic (exact) mass is 1030 g/mol. The second-order valence-electron chi connectivity index (χ2n) is 19.1. The molecule has 75 heavy (non-hydrogen) atoms. The highest BCUT2D eigenvalue weighted by atomic mass is 16.6. The molecule has 1 unspecified atom stereocenters. The Morgan fingerprint density at radius 3 is 0.880 bits per heavy atom. The summed E-state index contributed by atoms with van der Waals surface area (Å²) in [6.45, 7) is 6.29. The maximum absolute atomic E-state index is 12.8. The zero-order chi connectivity index (χ0) is 54.3. The molecule has 0 amide bonds. The fraction of sp³-hybridized carbons (Fsp3) is 0.580. The van der Waals surface area contributed by atoms with Crippen LogP contribution in [0.25, 0.3) is 0 Å². The molecule has 0 aliphatic carbocycles. The Balaban J connectivity index is 4.48. The molecule has 6 nitrogen and oxygen atoms in total. The van der Waals surface area contributed by atoms with Gasteiger partial charge in [0.15, 0.2) is 6.10 Å². The van der Waals surface area contributed by atoms with Crippen LogP contribution in [-0.4, -0.2) is 37.2 Å². The van der Waals surface area contributed by atoms with E-state index < -0.39 is 6.10 Å². The molecule has 6 heteroatoms. The summed E-state index contributed by atoms with van der Waals surface area (Å²) in [5, 5.41) is 0. The minimum Gasteiger partial charge on any atom is -0.462 e. The van der Waals surface area contributed by atoms with Crippen molar-refractivity contribution in [1.82, 2.24) is 0 Å². The molecule has 0 rings (SSSR count). The Labute approximate surface area is 460 Å². The van der Waals surface area contributed by atoms with Crippen molar-refractivity contribution in [3.8, 4) is 0 Å². The van der Waals surface area contributed by atoms with Crippen molar-refractivity contribution in [2.75, 3.05) is 13.2 Å². The molecular formula is C69H108O6. The highest BCUT2D eigenvalue weighted by molar-refractivity contribution is 5.71. The number of hydrogen-bond donors (Lipinski definition) is 0. The third kappa shape index (κ3) is 59.8. The van der Waals surface area contributed by atoms with Gasteiger partial charge in [-0.05, 0) is 109 Å². The van der Waals surface area contributed by atoms with Gasteiger partial charge in [0.2, 0.25) is 0 Å². The van der Waals surface area contributed by atoms with Gasteiger partial charge < -0.3 is 14.2 Å². The van der Waals surface area contributed by atoms with Crippen LogP contribution >= 0.6 is 0 Å².